The van der Waals surface area contributed by atoms with Crippen LogP contribution >= 0.6 is 0 Å². The number of carbonyl (C=O) groups excluding carboxylic acids is 1. The fourth-order valence-corrected chi connectivity index (χ4v) is 3.49. The zero-order valence-corrected chi connectivity index (χ0v) is 17.2. The lowest BCUT2D eigenvalue weighted by Gasteiger charge is -2.37. The Kier molecular flexibility index (Phi) is 6.80. The molecular weight excluding hydrogens is 350 g/mol. The Labute approximate surface area is 168 Å². The van der Waals surface area contributed by atoms with Gasteiger partial charge in [-0.1, -0.05) is 31.2 Å². The number of carbonyl (C=O) groups is 1. The van der Waals surface area contributed by atoms with E-state index in [2.05, 4.69) is 61.3 Å². The van der Waals surface area contributed by atoms with Crippen molar-refractivity contribution < 1.29 is 9.53 Å². The van der Waals surface area contributed by atoms with Gasteiger partial charge in [0.25, 0.3) is 0 Å². The highest BCUT2D eigenvalue weighted by atomic mass is 16.5. The van der Waals surface area contributed by atoms with Crippen LogP contribution < -0.4 is 15.0 Å². The van der Waals surface area contributed by atoms with E-state index in [1.54, 1.807) is 0 Å². The zero-order chi connectivity index (χ0) is 19.9. The first-order chi connectivity index (χ1) is 13.6. The van der Waals surface area contributed by atoms with Gasteiger partial charge < -0.3 is 19.9 Å². The lowest BCUT2D eigenvalue weighted by atomic mass is 10.1. The van der Waals surface area contributed by atoms with Gasteiger partial charge in [0.05, 0.1) is 6.54 Å². The lowest BCUT2D eigenvalue weighted by Crippen LogP contribution is -2.52. The van der Waals surface area contributed by atoms with Crippen molar-refractivity contribution in [3.63, 3.8) is 0 Å². The van der Waals surface area contributed by atoms with Crippen molar-refractivity contribution in [2.45, 2.75) is 27.2 Å². The van der Waals surface area contributed by atoms with E-state index in [9.17, 15) is 4.79 Å². The maximum Gasteiger partial charge on any atom is 0.317 e. The molecule has 2 aromatic carbocycles. The number of aryl methyl sites for hydroxylation is 2. The molecule has 5 heteroatoms. The van der Waals surface area contributed by atoms with Crippen molar-refractivity contribution in [2.24, 2.45) is 0 Å². The van der Waals surface area contributed by atoms with E-state index in [0.717, 1.165) is 38.3 Å². The topological polar surface area (TPSA) is 44.8 Å². The number of piperazine rings is 1. The predicted octanol–water partition coefficient (Wildman–Crippen LogP) is 3.78. The van der Waals surface area contributed by atoms with Crippen LogP contribution in [0, 0.1) is 13.8 Å². The Hall–Kier alpha value is -2.69. The van der Waals surface area contributed by atoms with E-state index in [1.165, 1.54) is 22.4 Å². The third-order valence-corrected chi connectivity index (χ3v) is 5.46. The van der Waals surface area contributed by atoms with Crippen LogP contribution in [0.1, 0.15) is 23.6 Å². The summed E-state index contributed by atoms with van der Waals surface area (Å²) in [6, 6.07) is 14.5. The van der Waals surface area contributed by atoms with E-state index in [0.29, 0.717) is 13.2 Å². The summed E-state index contributed by atoms with van der Waals surface area (Å²) in [6.07, 6.45) is 1.02. The van der Waals surface area contributed by atoms with Crippen molar-refractivity contribution >= 4 is 11.7 Å². The third kappa shape index (κ3) is 4.97. The van der Waals surface area contributed by atoms with E-state index in [4.69, 9.17) is 4.74 Å². The molecule has 0 radical (unpaired) electrons. The van der Waals surface area contributed by atoms with E-state index in [1.807, 2.05) is 17.0 Å². The number of benzene rings is 2. The predicted molar refractivity (Wildman–Crippen MR) is 114 cm³/mol. The molecule has 1 saturated heterocycles. The first-order valence-electron chi connectivity index (χ1n) is 10.1. The third-order valence-electron chi connectivity index (χ3n) is 5.46. The summed E-state index contributed by atoms with van der Waals surface area (Å²) in [5.41, 5.74) is 5.20. The van der Waals surface area contributed by atoms with Gasteiger partial charge in [0, 0.05) is 31.9 Å². The van der Waals surface area contributed by atoms with Gasteiger partial charge in [0.2, 0.25) is 0 Å². The fraction of sp³-hybridized carbons (Fsp3) is 0.435. The molecule has 1 aliphatic heterocycles. The molecule has 1 N–H and O–H groups in total. The van der Waals surface area contributed by atoms with Crippen LogP contribution in [0.2, 0.25) is 0 Å². The molecule has 28 heavy (non-hydrogen) atoms. The minimum absolute atomic E-state index is 0.00875. The van der Waals surface area contributed by atoms with Gasteiger partial charge >= 0.3 is 6.03 Å². The Morgan fingerprint density at radius 3 is 2.43 bits per heavy atom. The first-order valence-corrected chi connectivity index (χ1v) is 10.1. The Bertz CT molecular complexity index is 781. The molecule has 0 bridgehead atoms. The Morgan fingerprint density at radius 1 is 1.04 bits per heavy atom. The van der Waals surface area contributed by atoms with Crippen molar-refractivity contribution in [1.82, 2.24) is 10.2 Å². The van der Waals surface area contributed by atoms with Gasteiger partial charge in [-0.05, 0) is 55.2 Å². The molecule has 0 atom stereocenters. The number of rotatable bonds is 6. The highest BCUT2D eigenvalue weighted by Gasteiger charge is 2.22. The van der Waals surface area contributed by atoms with Gasteiger partial charge in [-0.15, -0.1) is 0 Å². The number of amides is 2. The molecule has 5 nitrogen and oxygen atoms in total. The average Bonchev–Trinajstić information content (AvgIpc) is 2.73. The van der Waals surface area contributed by atoms with Crippen LogP contribution in [0.25, 0.3) is 0 Å². The molecule has 1 fully saturated rings. The van der Waals surface area contributed by atoms with Gasteiger partial charge in [-0.2, -0.15) is 0 Å². The van der Waals surface area contributed by atoms with Crippen molar-refractivity contribution in [1.29, 1.82) is 0 Å². The molecule has 2 aromatic rings. The fourth-order valence-electron chi connectivity index (χ4n) is 3.49. The van der Waals surface area contributed by atoms with Crippen LogP contribution in [-0.2, 0) is 6.42 Å². The molecular formula is C23H31N3O2. The lowest BCUT2D eigenvalue weighted by molar-refractivity contribution is 0.191. The number of hydrogen-bond donors (Lipinski definition) is 1. The highest BCUT2D eigenvalue weighted by Crippen LogP contribution is 2.23. The minimum atomic E-state index is -0.00875. The maximum absolute atomic E-state index is 12.4. The van der Waals surface area contributed by atoms with Crippen LogP contribution in [0.3, 0.4) is 0 Å². The molecule has 0 aromatic heterocycles. The maximum atomic E-state index is 12.4. The number of nitrogens with zero attached hydrogens (tertiary/aromatic N) is 2. The summed E-state index contributed by atoms with van der Waals surface area (Å²) < 4.78 is 5.70. The van der Waals surface area contributed by atoms with Crippen molar-refractivity contribution in [3.8, 4) is 5.75 Å². The van der Waals surface area contributed by atoms with Crippen LogP contribution in [-0.4, -0.2) is 50.3 Å². The van der Waals surface area contributed by atoms with Crippen molar-refractivity contribution in [3.05, 3.63) is 59.2 Å². The average molecular weight is 382 g/mol. The second-order valence-corrected chi connectivity index (χ2v) is 7.27. The summed E-state index contributed by atoms with van der Waals surface area (Å²) in [5, 5.41) is 2.96. The molecule has 3 rings (SSSR count). The van der Waals surface area contributed by atoms with Gasteiger partial charge in [0.1, 0.15) is 12.4 Å². The van der Waals surface area contributed by atoms with Crippen LogP contribution in [0.5, 0.6) is 5.75 Å². The minimum Gasteiger partial charge on any atom is -0.492 e. The smallest absolute Gasteiger partial charge is 0.317 e. The van der Waals surface area contributed by atoms with Crippen LogP contribution in [0.4, 0.5) is 10.5 Å². The summed E-state index contributed by atoms with van der Waals surface area (Å²) in [7, 11) is 0. The van der Waals surface area contributed by atoms with Gasteiger partial charge in [-0.3, -0.25) is 0 Å². The van der Waals surface area contributed by atoms with Gasteiger partial charge in [-0.25, -0.2) is 4.79 Å². The summed E-state index contributed by atoms with van der Waals surface area (Å²) in [4.78, 5) is 16.7. The molecule has 2 amide bonds. The largest absolute Gasteiger partial charge is 0.492 e. The Balaban J connectivity index is 1.39. The molecule has 150 valence electrons. The molecule has 0 spiro atoms. The molecule has 1 heterocycles. The number of urea groups is 1. The second-order valence-electron chi connectivity index (χ2n) is 7.27. The number of nitrogens with one attached hydrogen (secondary N) is 1. The normalized spacial score (nSPS) is 14.1. The van der Waals surface area contributed by atoms with Crippen LogP contribution in [0.15, 0.2) is 42.5 Å². The quantitative estimate of drug-likeness (QED) is 0.775. The summed E-state index contributed by atoms with van der Waals surface area (Å²) >= 11 is 0. The molecule has 1 aliphatic rings. The second kappa shape index (κ2) is 9.49. The SMILES string of the molecule is CCc1ccc(OCCNC(=O)N2CCN(c3cccc(C)c3C)CC2)cc1. The monoisotopic (exact) mass is 381 g/mol. The summed E-state index contributed by atoms with van der Waals surface area (Å²) in [6.45, 7) is 10.6. The van der Waals surface area contributed by atoms with Crippen molar-refractivity contribution in [2.75, 3.05) is 44.2 Å². The summed E-state index contributed by atoms with van der Waals surface area (Å²) in [5.74, 6) is 0.841. The zero-order valence-electron chi connectivity index (χ0n) is 17.2. The Morgan fingerprint density at radius 2 is 1.75 bits per heavy atom. The molecule has 0 aliphatic carbocycles. The van der Waals surface area contributed by atoms with E-state index in [-0.39, 0.29) is 6.03 Å². The molecule has 0 saturated carbocycles. The van der Waals surface area contributed by atoms with E-state index >= 15 is 0 Å². The van der Waals surface area contributed by atoms with Gasteiger partial charge in [0.15, 0.2) is 0 Å². The highest BCUT2D eigenvalue weighted by molar-refractivity contribution is 5.74. The molecule has 0 unspecified atom stereocenters. The number of hydrogen-bond acceptors (Lipinski definition) is 3. The number of ether oxygens (including phenoxy) is 1. The van der Waals surface area contributed by atoms with E-state index < -0.39 is 0 Å². The standard InChI is InChI=1S/C23H31N3O2/c1-4-20-8-10-21(11-9-20)28-17-12-24-23(27)26-15-13-25(14-16-26)22-7-5-6-18(2)19(22)3/h5-11H,4,12-17H2,1-3H3,(H,24,27). The number of anilines is 1. The first kappa shape index (κ1) is 20.1.